The van der Waals surface area contributed by atoms with Crippen molar-refractivity contribution in [1.29, 1.82) is 0 Å². The van der Waals surface area contributed by atoms with E-state index in [1.807, 2.05) is 22.6 Å². The molecular weight excluding hydrogens is 266 g/mol. The van der Waals surface area contributed by atoms with Crippen LogP contribution in [0.15, 0.2) is 6.07 Å². The van der Waals surface area contributed by atoms with Crippen molar-refractivity contribution in [3.63, 3.8) is 0 Å². The van der Waals surface area contributed by atoms with Crippen molar-refractivity contribution in [2.45, 2.75) is 46.1 Å². The molecule has 0 N–H and O–H groups in total. The lowest BCUT2D eigenvalue weighted by atomic mass is 9.73. The summed E-state index contributed by atoms with van der Waals surface area (Å²) in [5, 5.41) is 4.52. The number of hydrogen-bond acceptors (Lipinski definition) is 3. The molecule has 1 spiro atoms. The van der Waals surface area contributed by atoms with Crippen molar-refractivity contribution in [2.24, 2.45) is 5.41 Å². The first-order valence-electron chi connectivity index (χ1n) is 7.75. The Bertz CT molecular complexity index is 542. The first-order chi connectivity index (χ1) is 9.81. The van der Waals surface area contributed by atoms with Crippen molar-refractivity contribution < 1.29 is 9.53 Å². The van der Waals surface area contributed by atoms with Crippen molar-refractivity contribution in [3.05, 3.63) is 17.5 Å². The topological polar surface area (TPSA) is 47.4 Å². The van der Waals surface area contributed by atoms with Gasteiger partial charge in [0.15, 0.2) is 5.69 Å². The SMILES string of the molecule is Cc1cc(C(=O)N2CC3(CCOCC3)C2)nn1C(C)(C)C. The molecule has 0 saturated carbocycles. The Kier molecular flexibility index (Phi) is 3.35. The number of amides is 1. The number of ether oxygens (including phenoxy) is 1. The van der Waals surface area contributed by atoms with Crippen LogP contribution in [-0.4, -0.2) is 46.9 Å². The molecule has 2 saturated heterocycles. The summed E-state index contributed by atoms with van der Waals surface area (Å²) in [4.78, 5) is 14.5. The summed E-state index contributed by atoms with van der Waals surface area (Å²) in [5.74, 6) is 0.0678. The molecule has 1 amide bonds. The van der Waals surface area contributed by atoms with Crippen LogP contribution in [0.1, 0.15) is 49.8 Å². The maximum Gasteiger partial charge on any atom is 0.274 e. The van der Waals surface area contributed by atoms with Crippen LogP contribution in [0.5, 0.6) is 0 Å². The molecule has 2 aliphatic rings. The van der Waals surface area contributed by atoms with E-state index in [2.05, 4.69) is 25.9 Å². The molecular formula is C16H25N3O2. The average Bonchev–Trinajstić information content (AvgIpc) is 2.78. The fourth-order valence-electron chi connectivity index (χ4n) is 3.45. The second-order valence-electron chi connectivity index (χ2n) is 7.53. The number of carbonyl (C=O) groups is 1. The summed E-state index contributed by atoms with van der Waals surface area (Å²) in [6.45, 7) is 11.7. The summed E-state index contributed by atoms with van der Waals surface area (Å²) >= 11 is 0. The molecule has 5 heteroatoms. The molecule has 5 nitrogen and oxygen atoms in total. The minimum absolute atomic E-state index is 0.0678. The molecule has 0 unspecified atom stereocenters. The molecule has 116 valence electrons. The van der Waals surface area contributed by atoms with Crippen molar-refractivity contribution in [3.8, 4) is 0 Å². The van der Waals surface area contributed by atoms with Gasteiger partial charge in [-0.2, -0.15) is 5.10 Å². The van der Waals surface area contributed by atoms with Crippen LogP contribution in [0.3, 0.4) is 0 Å². The molecule has 2 fully saturated rings. The van der Waals surface area contributed by atoms with Crippen LogP contribution in [0.2, 0.25) is 0 Å². The van der Waals surface area contributed by atoms with Gasteiger partial charge in [0.2, 0.25) is 0 Å². The number of carbonyl (C=O) groups excluding carboxylic acids is 1. The molecule has 0 atom stereocenters. The van der Waals surface area contributed by atoms with Gasteiger partial charge in [-0.3, -0.25) is 9.48 Å². The minimum Gasteiger partial charge on any atom is -0.381 e. The predicted octanol–water partition coefficient (Wildman–Crippen LogP) is 2.20. The number of rotatable bonds is 1. The van der Waals surface area contributed by atoms with Crippen LogP contribution >= 0.6 is 0 Å². The molecule has 0 aromatic carbocycles. The number of hydrogen-bond donors (Lipinski definition) is 0. The van der Waals surface area contributed by atoms with Gasteiger partial charge >= 0.3 is 0 Å². The number of aromatic nitrogens is 2. The van der Waals surface area contributed by atoms with Gasteiger partial charge in [0.05, 0.1) is 5.54 Å². The smallest absolute Gasteiger partial charge is 0.274 e. The van der Waals surface area contributed by atoms with E-state index in [1.54, 1.807) is 0 Å². The van der Waals surface area contributed by atoms with Crippen LogP contribution < -0.4 is 0 Å². The van der Waals surface area contributed by atoms with Crippen molar-refractivity contribution >= 4 is 5.91 Å². The van der Waals surface area contributed by atoms with Crippen molar-refractivity contribution in [2.75, 3.05) is 26.3 Å². The predicted molar refractivity (Wildman–Crippen MR) is 80.3 cm³/mol. The molecule has 3 heterocycles. The Morgan fingerprint density at radius 2 is 1.90 bits per heavy atom. The summed E-state index contributed by atoms with van der Waals surface area (Å²) in [6, 6.07) is 1.91. The van der Waals surface area contributed by atoms with E-state index in [0.717, 1.165) is 44.8 Å². The second-order valence-corrected chi connectivity index (χ2v) is 7.53. The number of likely N-dealkylation sites (tertiary alicyclic amines) is 1. The number of nitrogens with zero attached hydrogens (tertiary/aromatic N) is 3. The highest BCUT2D eigenvalue weighted by molar-refractivity contribution is 5.93. The van der Waals surface area contributed by atoms with Gasteiger partial charge in [0.25, 0.3) is 5.91 Å². The third-order valence-corrected chi connectivity index (χ3v) is 4.64. The zero-order valence-electron chi connectivity index (χ0n) is 13.5. The van der Waals surface area contributed by atoms with E-state index in [4.69, 9.17) is 4.74 Å². The van der Waals surface area contributed by atoms with Gasteiger partial charge < -0.3 is 9.64 Å². The quantitative estimate of drug-likeness (QED) is 0.797. The monoisotopic (exact) mass is 291 g/mol. The van der Waals surface area contributed by atoms with E-state index in [-0.39, 0.29) is 11.4 Å². The van der Waals surface area contributed by atoms with Crippen LogP contribution in [0, 0.1) is 12.3 Å². The minimum atomic E-state index is -0.0977. The molecule has 1 aromatic rings. The van der Waals surface area contributed by atoms with Gasteiger partial charge in [-0.1, -0.05) is 0 Å². The van der Waals surface area contributed by atoms with Gasteiger partial charge in [-0.05, 0) is 46.6 Å². The molecule has 0 radical (unpaired) electrons. The fourth-order valence-corrected chi connectivity index (χ4v) is 3.45. The highest BCUT2D eigenvalue weighted by Gasteiger charge is 2.46. The summed E-state index contributed by atoms with van der Waals surface area (Å²) < 4.78 is 7.35. The van der Waals surface area contributed by atoms with Gasteiger partial charge in [0, 0.05) is 37.4 Å². The van der Waals surface area contributed by atoms with Crippen LogP contribution in [-0.2, 0) is 10.3 Å². The average molecular weight is 291 g/mol. The van der Waals surface area contributed by atoms with Crippen LogP contribution in [0.4, 0.5) is 0 Å². The third-order valence-electron chi connectivity index (χ3n) is 4.64. The van der Waals surface area contributed by atoms with E-state index >= 15 is 0 Å². The molecule has 0 aliphatic carbocycles. The Morgan fingerprint density at radius 1 is 1.29 bits per heavy atom. The maximum atomic E-state index is 12.6. The zero-order chi connectivity index (χ0) is 15.3. The Labute approximate surface area is 126 Å². The van der Waals surface area contributed by atoms with E-state index in [0.29, 0.717) is 11.1 Å². The lowest BCUT2D eigenvalue weighted by Crippen LogP contribution is -2.60. The molecule has 1 aromatic heterocycles. The molecule has 2 aliphatic heterocycles. The number of aryl methyl sites for hydroxylation is 1. The summed E-state index contributed by atoms with van der Waals surface area (Å²) in [5.41, 5.74) is 1.83. The van der Waals surface area contributed by atoms with E-state index in [1.165, 1.54) is 0 Å². The second kappa shape index (κ2) is 4.83. The van der Waals surface area contributed by atoms with Gasteiger partial charge in [0.1, 0.15) is 0 Å². The Morgan fingerprint density at radius 3 is 2.43 bits per heavy atom. The largest absolute Gasteiger partial charge is 0.381 e. The zero-order valence-corrected chi connectivity index (χ0v) is 13.5. The van der Waals surface area contributed by atoms with Crippen molar-refractivity contribution in [1.82, 2.24) is 14.7 Å². The summed E-state index contributed by atoms with van der Waals surface area (Å²) in [6.07, 6.45) is 2.15. The summed E-state index contributed by atoms with van der Waals surface area (Å²) in [7, 11) is 0. The molecule has 3 rings (SSSR count). The maximum absolute atomic E-state index is 12.6. The highest BCUT2D eigenvalue weighted by Crippen LogP contribution is 2.40. The van der Waals surface area contributed by atoms with E-state index < -0.39 is 0 Å². The van der Waals surface area contributed by atoms with E-state index in [9.17, 15) is 4.79 Å². The third kappa shape index (κ3) is 2.59. The fraction of sp³-hybridized carbons (Fsp3) is 0.750. The highest BCUT2D eigenvalue weighted by atomic mass is 16.5. The van der Waals surface area contributed by atoms with Gasteiger partial charge in [-0.15, -0.1) is 0 Å². The first-order valence-corrected chi connectivity index (χ1v) is 7.75. The first kappa shape index (κ1) is 14.6. The standard InChI is InChI=1S/C16H25N3O2/c1-12-9-13(17-19(12)15(2,3)4)14(20)18-10-16(11-18)5-7-21-8-6-16/h9H,5-8,10-11H2,1-4H3. The Balaban J connectivity index is 1.70. The normalized spacial score (nSPS) is 21.4. The molecule has 0 bridgehead atoms. The van der Waals surface area contributed by atoms with Gasteiger partial charge in [-0.25, -0.2) is 0 Å². The Hall–Kier alpha value is -1.36. The lowest BCUT2D eigenvalue weighted by Gasteiger charge is -2.51. The van der Waals surface area contributed by atoms with Crippen LogP contribution in [0.25, 0.3) is 0 Å². The molecule has 21 heavy (non-hydrogen) atoms. The lowest BCUT2D eigenvalue weighted by molar-refractivity contribution is -0.0668.